The van der Waals surface area contributed by atoms with Gasteiger partial charge in [0.1, 0.15) is 0 Å². The first-order chi connectivity index (χ1) is 4.84. The second-order valence-electron chi connectivity index (χ2n) is 2.03. The molecule has 1 aromatic carbocycles. The second kappa shape index (κ2) is 4.58. The van der Waals surface area contributed by atoms with Gasteiger partial charge in [0.2, 0.25) is 0 Å². The summed E-state index contributed by atoms with van der Waals surface area (Å²) in [5.41, 5.74) is 1.22. The van der Waals surface area contributed by atoms with Crippen molar-refractivity contribution in [3.63, 3.8) is 0 Å². The number of rotatable bonds is 2. The molecule has 0 nitrogen and oxygen atoms in total. The fourth-order valence-corrected chi connectivity index (χ4v) is 5.92. The molecule has 0 saturated carbocycles. The molecule has 50 valence electrons. The molecule has 0 aliphatic carbocycles. The van der Waals surface area contributed by atoms with Crippen LogP contribution in [0.15, 0.2) is 24.3 Å². The summed E-state index contributed by atoms with van der Waals surface area (Å²) < 4.78 is 1.07. The van der Waals surface area contributed by atoms with E-state index in [1.54, 1.807) is 0 Å². The molecule has 0 bridgehead atoms. The predicted octanol–water partition coefficient (Wildman–Crippen LogP) is 3.08. The van der Waals surface area contributed by atoms with E-state index < -0.39 is 23.3 Å². The first-order valence-electron chi connectivity index (χ1n) is 3.14. The zero-order valence-corrected chi connectivity index (χ0v) is 12.5. The van der Waals surface area contributed by atoms with Gasteiger partial charge in [-0.2, -0.15) is 0 Å². The average Bonchev–Trinajstić information content (AvgIpc) is 1.94. The Morgan fingerprint density at radius 2 is 2.00 bits per heavy atom. The molecule has 1 rings (SSSR count). The molecule has 0 aromatic heterocycles. The van der Waals surface area contributed by atoms with Gasteiger partial charge in [-0.05, 0) is 0 Å². The van der Waals surface area contributed by atoms with Crippen LogP contribution in [0.4, 0.5) is 0 Å². The second-order valence-corrected chi connectivity index (χ2v) is 9.17. The Balaban J connectivity index is 2.81. The molecule has 0 heterocycles. The molecule has 0 aliphatic rings. The number of hydrogen-bond donors (Lipinski definition) is 0. The Labute approximate surface area is 81.4 Å². The van der Waals surface area contributed by atoms with Gasteiger partial charge in [0.25, 0.3) is 0 Å². The van der Waals surface area contributed by atoms with Gasteiger partial charge in [0.05, 0.1) is 0 Å². The van der Waals surface area contributed by atoms with Crippen LogP contribution in [0.2, 0.25) is 5.02 Å². The van der Waals surface area contributed by atoms with Gasteiger partial charge >= 0.3 is 82.0 Å². The molecule has 0 aliphatic heterocycles. The van der Waals surface area contributed by atoms with E-state index in [1.165, 1.54) is 5.56 Å². The van der Waals surface area contributed by atoms with Gasteiger partial charge in [-0.1, -0.05) is 0 Å². The zero-order valence-electron chi connectivity index (χ0n) is 5.48. The van der Waals surface area contributed by atoms with E-state index in [1.807, 2.05) is 24.3 Å². The van der Waals surface area contributed by atoms with Crippen LogP contribution in [0.25, 0.3) is 0 Å². The van der Waals surface area contributed by atoms with Crippen LogP contribution >= 0.6 is 19.9 Å². The van der Waals surface area contributed by atoms with E-state index >= 15 is 0 Å². The summed E-state index contributed by atoms with van der Waals surface area (Å²) in [6.45, 7) is 0. The van der Waals surface area contributed by atoms with E-state index in [0.717, 1.165) is 8.95 Å². The van der Waals surface area contributed by atoms with Crippen LogP contribution < -0.4 is 0 Å². The van der Waals surface area contributed by atoms with Crippen molar-refractivity contribution in [2.24, 2.45) is 0 Å². The summed E-state index contributed by atoms with van der Waals surface area (Å²) in [5, 5.41) is 0.864. The van der Waals surface area contributed by atoms with Gasteiger partial charge in [-0.15, -0.1) is 0 Å². The summed E-state index contributed by atoms with van der Waals surface area (Å²) in [6.07, 6.45) is 0. The number of halogens is 2. The maximum absolute atomic E-state index is 5.88. The quantitative estimate of drug-likeness (QED) is 0.710. The minimum absolute atomic E-state index is 0.864. The molecule has 3 heteroatoms. The third-order valence-corrected chi connectivity index (χ3v) is 6.18. The average molecular weight is 362 g/mol. The van der Waals surface area contributed by atoms with E-state index in [9.17, 15) is 0 Å². The van der Waals surface area contributed by atoms with Crippen molar-refractivity contribution in [2.45, 2.75) is 3.93 Å². The molecule has 0 N–H and O–H groups in total. The van der Waals surface area contributed by atoms with E-state index in [-0.39, 0.29) is 0 Å². The van der Waals surface area contributed by atoms with Crippen molar-refractivity contribution < 1.29 is 23.3 Å². The SMILES string of the molecule is [Cl][Hg][CH2]c1ccccc1Cl. The first-order valence-corrected chi connectivity index (χ1v) is 14.2. The monoisotopic (exact) mass is 362 g/mol. The summed E-state index contributed by atoms with van der Waals surface area (Å²) in [4.78, 5) is 0. The van der Waals surface area contributed by atoms with E-state index in [2.05, 4.69) is 0 Å². The molecule has 0 radical (unpaired) electrons. The third-order valence-electron chi connectivity index (χ3n) is 1.32. The third kappa shape index (κ3) is 2.41. The summed E-state index contributed by atoms with van der Waals surface area (Å²) in [6, 6.07) is 7.90. The Bertz CT molecular complexity index is 213. The molecule has 0 amide bonds. The summed E-state index contributed by atoms with van der Waals surface area (Å²) in [5.74, 6) is 0. The van der Waals surface area contributed by atoms with Crippen LogP contribution in [-0.2, 0) is 27.3 Å². The fraction of sp³-hybridized carbons (Fsp3) is 0.143. The van der Waals surface area contributed by atoms with E-state index in [4.69, 9.17) is 19.9 Å². The van der Waals surface area contributed by atoms with Gasteiger partial charge < -0.3 is 0 Å². The standard InChI is InChI=1S/C7H6Cl.ClH.Hg/c1-6-4-2-3-5-7(6)8;;/h2-5H,1H2;1H;/q;;+1/p-1. The molecular weight excluding hydrogens is 356 g/mol. The Hall–Kier alpha value is 0.735. The molecule has 0 spiro atoms. The molecule has 0 atom stereocenters. The van der Waals surface area contributed by atoms with Crippen LogP contribution in [0.3, 0.4) is 0 Å². The molecule has 10 heavy (non-hydrogen) atoms. The van der Waals surface area contributed by atoms with Crippen molar-refractivity contribution >= 4 is 19.9 Å². The Morgan fingerprint density at radius 3 is 2.60 bits per heavy atom. The molecule has 0 fully saturated rings. The van der Waals surface area contributed by atoms with Crippen LogP contribution in [-0.4, -0.2) is 0 Å². The van der Waals surface area contributed by atoms with Crippen molar-refractivity contribution in [2.75, 3.05) is 0 Å². The van der Waals surface area contributed by atoms with Crippen molar-refractivity contribution in [1.82, 2.24) is 0 Å². The number of benzene rings is 1. The maximum atomic E-state index is 5.88. The first kappa shape index (κ1) is 8.83. The van der Waals surface area contributed by atoms with Crippen molar-refractivity contribution in [3.05, 3.63) is 34.9 Å². The van der Waals surface area contributed by atoms with Crippen molar-refractivity contribution in [3.8, 4) is 0 Å². The van der Waals surface area contributed by atoms with Crippen LogP contribution in [0.1, 0.15) is 5.56 Å². The predicted molar refractivity (Wildman–Crippen MR) is 41.0 cm³/mol. The van der Waals surface area contributed by atoms with Gasteiger partial charge in [-0.3, -0.25) is 0 Å². The minimum atomic E-state index is -1.05. The van der Waals surface area contributed by atoms with Gasteiger partial charge in [-0.25, -0.2) is 0 Å². The van der Waals surface area contributed by atoms with Gasteiger partial charge in [0, 0.05) is 0 Å². The Morgan fingerprint density at radius 1 is 1.30 bits per heavy atom. The molecule has 0 saturated heterocycles. The zero-order chi connectivity index (χ0) is 7.40. The fourth-order valence-electron chi connectivity index (χ4n) is 0.803. The molecule has 0 unspecified atom stereocenters. The van der Waals surface area contributed by atoms with Crippen LogP contribution in [0.5, 0.6) is 0 Å². The van der Waals surface area contributed by atoms with Crippen molar-refractivity contribution in [1.29, 1.82) is 0 Å². The molecule has 1 aromatic rings. The number of hydrogen-bond acceptors (Lipinski definition) is 0. The summed E-state index contributed by atoms with van der Waals surface area (Å²) >= 11 is 4.83. The Kier molecular flexibility index (Phi) is 4.04. The van der Waals surface area contributed by atoms with Crippen LogP contribution in [0, 0.1) is 0 Å². The molecular formula is C7H6Cl2Hg. The normalized spacial score (nSPS) is 9.00. The van der Waals surface area contributed by atoms with E-state index in [0.29, 0.717) is 0 Å². The summed E-state index contributed by atoms with van der Waals surface area (Å²) in [7, 11) is 5.77. The topological polar surface area (TPSA) is 0 Å². The van der Waals surface area contributed by atoms with Gasteiger partial charge in [0.15, 0.2) is 0 Å².